The monoisotopic (exact) mass is 199 g/mol. The molecule has 1 fully saturated rings. The summed E-state index contributed by atoms with van der Waals surface area (Å²) in [5, 5.41) is -0.856. The van der Waals surface area contributed by atoms with Gasteiger partial charge in [-0.2, -0.15) is 8.78 Å². The predicted molar refractivity (Wildman–Crippen MR) is 40.5 cm³/mol. The van der Waals surface area contributed by atoms with E-state index in [-0.39, 0.29) is 5.92 Å². The first-order valence-corrected chi connectivity index (χ1v) is 5.30. The van der Waals surface area contributed by atoms with Gasteiger partial charge in [0.1, 0.15) is 0 Å². The summed E-state index contributed by atoms with van der Waals surface area (Å²) in [6.07, 6.45) is 0.590. The normalized spacial score (nSPS) is 30.3. The Labute approximate surface area is 69.9 Å². The zero-order valence-corrected chi connectivity index (χ0v) is 7.23. The van der Waals surface area contributed by atoms with E-state index in [1.54, 1.807) is 0 Å². The maximum absolute atomic E-state index is 11.9. The minimum Gasteiger partial charge on any atom is -0.330 e. The molecule has 0 aliphatic heterocycles. The molecule has 1 rings (SSSR count). The zero-order chi connectivity index (χ0) is 9.35. The van der Waals surface area contributed by atoms with Gasteiger partial charge in [0.25, 0.3) is 0 Å². The summed E-state index contributed by atoms with van der Waals surface area (Å²) >= 11 is 0. The fourth-order valence-electron chi connectivity index (χ4n) is 1.28. The highest BCUT2D eigenvalue weighted by Gasteiger charge is 2.42. The number of hydrogen-bond acceptors (Lipinski definition) is 3. The zero-order valence-electron chi connectivity index (χ0n) is 6.41. The molecule has 0 heterocycles. The third-order valence-electron chi connectivity index (χ3n) is 2.24. The van der Waals surface area contributed by atoms with Crippen molar-refractivity contribution in [1.82, 2.24) is 0 Å². The van der Waals surface area contributed by atoms with Crippen LogP contribution in [0.2, 0.25) is 0 Å². The van der Waals surface area contributed by atoms with Gasteiger partial charge in [-0.1, -0.05) is 0 Å². The fraction of sp³-hybridized carbons (Fsp3) is 1.00. The number of halogens is 2. The molecule has 0 aromatic heterocycles. The average Bonchev–Trinajstić information content (AvgIpc) is 1.84. The third kappa shape index (κ3) is 1.59. The molecule has 3 nitrogen and oxygen atoms in total. The second-order valence-corrected chi connectivity index (χ2v) is 5.25. The number of rotatable bonds is 3. The first kappa shape index (κ1) is 9.85. The lowest BCUT2D eigenvalue weighted by Crippen LogP contribution is -2.41. The fourth-order valence-corrected chi connectivity index (χ4v) is 2.65. The van der Waals surface area contributed by atoms with Crippen molar-refractivity contribution in [2.45, 2.75) is 23.8 Å². The van der Waals surface area contributed by atoms with Gasteiger partial charge in [0.2, 0.25) is 9.84 Å². The highest BCUT2D eigenvalue weighted by molar-refractivity contribution is 7.92. The van der Waals surface area contributed by atoms with Gasteiger partial charge in [-0.25, -0.2) is 8.42 Å². The van der Waals surface area contributed by atoms with Crippen LogP contribution in [-0.4, -0.2) is 26.0 Å². The van der Waals surface area contributed by atoms with Crippen LogP contribution < -0.4 is 5.73 Å². The Morgan fingerprint density at radius 3 is 2.25 bits per heavy atom. The van der Waals surface area contributed by atoms with Crippen LogP contribution in [0.15, 0.2) is 0 Å². The van der Waals surface area contributed by atoms with Crippen molar-refractivity contribution in [2.24, 2.45) is 11.7 Å². The number of hydrogen-bond donors (Lipinski definition) is 1. The largest absolute Gasteiger partial charge is 0.337 e. The second-order valence-electron chi connectivity index (χ2n) is 3.04. The van der Waals surface area contributed by atoms with Crippen LogP contribution in [0.25, 0.3) is 0 Å². The molecule has 1 saturated carbocycles. The summed E-state index contributed by atoms with van der Waals surface area (Å²) < 4.78 is 45.4. The Kier molecular flexibility index (Phi) is 2.67. The maximum Gasteiger partial charge on any atom is 0.337 e. The van der Waals surface area contributed by atoms with Crippen molar-refractivity contribution in [3.05, 3.63) is 0 Å². The van der Waals surface area contributed by atoms with Crippen molar-refractivity contribution >= 4 is 9.84 Å². The first-order valence-electron chi connectivity index (χ1n) is 3.69. The first-order chi connectivity index (χ1) is 5.48. The van der Waals surface area contributed by atoms with E-state index in [9.17, 15) is 17.2 Å². The number of alkyl halides is 2. The van der Waals surface area contributed by atoms with Gasteiger partial charge in [-0.05, 0) is 25.3 Å². The van der Waals surface area contributed by atoms with Crippen LogP contribution in [0.3, 0.4) is 0 Å². The van der Waals surface area contributed by atoms with Gasteiger partial charge in [0.15, 0.2) is 0 Å². The number of sulfone groups is 1. The summed E-state index contributed by atoms with van der Waals surface area (Å²) in [5.41, 5.74) is 5.23. The van der Waals surface area contributed by atoms with Crippen LogP contribution in [0, 0.1) is 5.92 Å². The third-order valence-corrected chi connectivity index (χ3v) is 4.05. The van der Waals surface area contributed by atoms with E-state index in [4.69, 9.17) is 5.73 Å². The Balaban J connectivity index is 2.53. The van der Waals surface area contributed by atoms with E-state index >= 15 is 0 Å². The predicted octanol–water partition coefficient (Wildman–Crippen LogP) is 0.361. The van der Waals surface area contributed by atoms with Crippen molar-refractivity contribution < 1.29 is 17.2 Å². The van der Waals surface area contributed by atoms with Gasteiger partial charge >= 0.3 is 5.76 Å². The van der Waals surface area contributed by atoms with Crippen LogP contribution in [0.5, 0.6) is 0 Å². The minimum atomic E-state index is -4.17. The Bertz CT molecular complexity index is 246. The Hall–Kier alpha value is -0.230. The molecule has 0 amide bonds. The summed E-state index contributed by atoms with van der Waals surface area (Å²) in [4.78, 5) is 0. The maximum atomic E-state index is 11.9. The van der Waals surface area contributed by atoms with Gasteiger partial charge in [-0.15, -0.1) is 0 Å². The SMILES string of the molecule is NCC1CC(S(=O)(=O)C(F)F)C1. The van der Waals surface area contributed by atoms with Gasteiger partial charge < -0.3 is 5.73 Å². The van der Waals surface area contributed by atoms with Crippen molar-refractivity contribution in [2.75, 3.05) is 6.54 Å². The molecule has 0 radical (unpaired) electrons. The molecule has 0 aromatic rings. The molecule has 0 unspecified atom stereocenters. The molecule has 0 saturated heterocycles. The van der Waals surface area contributed by atoms with E-state index in [0.29, 0.717) is 19.4 Å². The molecule has 0 aromatic carbocycles. The highest BCUT2D eigenvalue weighted by atomic mass is 32.2. The van der Waals surface area contributed by atoms with Crippen LogP contribution >= 0.6 is 0 Å². The minimum absolute atomic E-state index is 0.114. The van der Waals surface area contributed by atoms with E-state index < -0.39 is 20.8 Å². The molecule has 1 aliphatic rings. The smallest absolute Gasteiger partial charge is 0.330 e. The Morgan fingerprint density at radius 2 is 1.92 bits per heavy atom. The lowest BCUT2D eigenvalue weighted by atomic mass is 9.85. The molecule has 0 bridgehead atoms. The topological polar surface area (TPSA) is 60.2 Å². The van der Waals surface area contributed by atoms with Crippen molar-refractivity contribution in [1.29, 1.82) is 0 Å². The summed E-state index contributed by atoms with van der Waals surface area (Å²) in [6.45, 7) is 0.384. The molecule has 72 valence electrons. The molecule has 1 aliphatic carbocycles. The molecular weight excluding hydrogens is 188 g/mol. The number of nitrogens with two attached hydrogens (primary N) is 1. The second kappa shape index (κ2) is 3.26. The van der Waals surface area contributed by atoms with Gasteiger partial charge in [-0.3, -0.25) is 0 Å². The molecular formula is C6H11F2NO2S. The van der Waals surface area contributed by atoms with E-state index in [0.717, 1.165) is 0 Å². The highest BCUT2D eigenvalue weighted by Crippen LogP contribution is 2.34. The average molecular weight is 199 g/mol. The van der Waals surface area contributed by atoms with Crippen LogP contribution in [-0.2, 0) is 9.84 Å². The van der Waals surface area contributed by atoms with Gasteiger partial charge in [0.05, 0.1) is 5.25 Å². The van der Waals surface area contributed by atoms with Crippen LogP contribution in [0.1, 0.15) is 12.8 Å². The molecule has 2 N–H and O–H groups in total. The van der Waals surface area contributed by atoms with E-state index in [2.05, 4.69) is 0 Å². The summed E-state index contributed by atoms with van der Waals surface area (Å²) in [6, 6.07) is 0. The van der Waals surface area contributed by atoms with E-state index in [1.807, 2.05) is 0 Å². The standard InChI is InChI=1S/C6H11F2NO2S/c7-6(8)12(10,11)5-1-4(2-5)3-9/h4-6H,1-3,9H2. The Morgan fingerprint density at radius 1 is 1.42 bits per heavy atom. The van der Waals surface area contributed by atoms with Crippen molar-refractivity contribution in [3.63, 3.8) is 0 Å². The lowest BCUT2D eigenvalue weighted by Gasteiger charge is -2.33. The van der Waals surface area contributed by atoms with Crippen LogP contribution in [0.4, 0.5) is 8.78 Å². The van der Waals surface area contributed by atoms with Crippen molar-refractivity contribution in [3.8, 4) is 0 Å². The quantitative estimate of drug-likeness (QED) is 0.714. The molecule has 6 heteroatoms. The molecule has 0 spiro atoms. The molecule has 12 heavy (non-hydrogen) atoms. The molecule has 0 atom stereocenters. The van der Waals surface area contributed by atoms with Gasteiger partial charge in [0, 0.05) is 0 Å². The summed E-state index contributed by atoms with van der Waals surface area (Å²) in [7, 11) is -4.17. The summed E-state index contributed by atoms with van der Waals surface area (Å²) in [5.74, 6) is -3.12. The lowest BCUT2D eigenvalue weighted by molar-refractivity contribution is 0.222. The van der Waals surface area contributed by atoms with E-state index in [1.165, 1.54) is 0 Å².